The second-order valence-electron chi connectivity index (χ2n) is 6.25. The SMILES string of the molecule is Cc1cc(NC(=O)CCCCl)n(-c2ncnc3c2cnn3-c2ccccc2)n1. The van der Waals surface area contributed by atoms with Gasteiger partial charge < -0.3 is 5.32 Å². The standard InChI is InChI=1S/C19H18ClN7O/c1-13-10-16(24-17(28)8-5-9-20)27(25-13)19-15-11-23-26(18(15)21-12-22-19)14-6-3-2-4-7-14/h2-4,6-7,10-12H,5,8-9H2,1H3,(H,24,28). The summed E-state index contributed by atoms with van der Waals surface area (Å²) in [7, 11) is 0. The lowest BCUT2D eigenvalue weighted by molar-refractivity contribution is -0.116. The lowest BCUT2D eigenvalue weighted by atomic mass is 10.3. The summed E-state index contributed by atoms with van der Waals surface area (Å²) in [6, 6.07) is 11.5. The van der Waals surface area contributed by atoms with Crippen molar-refractivity contribution in [3.63, 3.8) is 0 Å². The molecule has 0 fully saturated rings. The summed E-state index contributed by atoms with van der Waals surface area (Å²) in [5.74, 6) is 1.42. The molecule has 0 atom stereocenters. The van der Waals surface area contributed by atoms with E-state index < -0.39 is 0 Å². The lowest BCUT2D eigenvalue weighted by Gasteiger charge is -2.09. The molecule has 0 radical (unpaired) electrons. The molecule has 4 aromatic rings. The van der Waals surface area contributed by atoms with Gasteiger partial charge in [-0.25, -0.2) is 14.6 Å². The largest absolute Gasteiger partial charge is 0.311 e. The molecular formula is C19H18ClN7O. The Kier molecular flexibility index (Phi) is 5.03. The van der Waals surface area contributed by atoms with Crippen molar-refractivity contribution >= 4 is 34.4 Å². The monoisotopic (exact) mass is 395 g/mol. The van der Waals surface area contributed by atoms with E-state index in [4.69, 9.17) is 11.6 Å². The molecule has 0 saturated carbocycles. The molecule has 1 amide bonds. The van der Waals surface area contributed by atoms with Gasteiger partial charge in [-0.15, -0.1) is 11.6 Å². The van der Waals surface area contributed by atoms with E-state index in [9.17, 15) is 4.79 Å². The molecule has 3 heterocycles. The number of aryl methyl sites for hydroxylation is 1. The molecule has 1 N–H and O–H groups in total. The van der Waals surface area contributed by atoms with Gasteiger partial charge in [-0.3, -0.25) is 4.79 Å². The number of benzene rings is 1. The van der Waals surface area contributed by atoms with Crippen LogP contribution in [0, 0.1) is 6.92 Å². The van der Waals surface area contributed by atoms with Gasteiger partial charge in [0, 0.05) is 18.4 Å². The van der Waals surface area contributed by atoms with Crippen molar-refractivity contribution in [2.45, 2.75) is 19.8 Å². The first-order valence-electron chi connectivity index (χ1n) is 8.84. The molecule has 1 aromatic carbocycles. The second kappa shape index (κ2) is 7.77. The van der Waals surface area contributed by atoms with Crippen LogP contribution in [0.1, 0.15) is 18.5 Å². The second-order valence-corrected chi connectivity index (χ2v) is 6.63. The Bertz CT molecular complexity index is 1120. The van der Waals surface area contributed by atoms with E-state index in [-0.39, 0.29) is 5.91 Å². The van der Waals surface area contributed by atoms with Crippen molar-refractivity contribution in [3.8, 4) is 11.5 Å². The van der Waals surface area contributed by atoms with Crippen molar-refractivity contribution in [2.75, 3.05) is 11.2 Å². The maximum Gasteiger partial charge on any atom is 0.225 e. The Morgan fingerprint density at radius 2 is 2.00 bits per heavy atom. The van der Waals surface area contributed by atoms with Crippen molar-refractivity contribution < 1.29 is 4.79 Å². The molecule has 0 bridgehead atoms. The molecule has 0 unspecified atom stereocenters. The van der Waals surface area contributed by atoms with Crippen LogP contribution in [0.15, 0.2) is 48.9 Å². The van der Waals surface area contributed by atoms with E-state index in [1.807, 2.05) is 37.3 Å². The van der Waals surface area contributed by atoms with E-state index in [1.54, 1.807) is 21.6 Å². The van der Waals surface area contributed by atoms with Crippen LogP contribution in [-0.4, -0.2) is 41.3 Å². The Labute approximate surface area is 166 Å². The van der Waals surface area contributed by atoms with E-state index in [2.05, 4.69) is 25.5 Å². The number of hydrogen-bond donors (Lipinski definition) is 1. The molecule has 4 rings (SSSR count). The maximum absolute atomic E-state index is 12.2. The van der Waals surface area contributed by atoms with Crippen LogP contribution in [0.5, 0.6) is 0 Å². The summed E-state index contributed by atoms with van der Waals surface area (Å²) in [6.45, 7) is 1.86. The predicted octanol–water partition coefficient (Wildman–Crippen LogP) is 3.27. The fraction of sp³-hybridized carbons (Fsp3) is 0.211. The van der Waals surface area contributed by atoms with Crippen LogP contribution < -0.4 is 5.32 Å². The van der Waals surface area contributed by atoms with Crippen LogP contribution >= 0.6 is 11.6 Å². The third kappa shape index (κ3) is 3.46. The third-order valence-corrected chi connectivity index (χ3v) is 4.45. The molecule has 0 aliphatic carbocycles. The van der Waals surface area contributed by atoms with Crippen LogP contribution in [0.4, 0.5) is 5.82 Å². The maximum atomic E-state index is 12.2. The minimum Gasteiger partial charge on any atom is -0.311 e. The molecule has 9 heteroatoms. The van der Waals surface area contributed by atoms with Gasteiger partial charge in [0.05, 0.1) is 23.0 Å². The first-order valence-corrected chi connectivity index (χ1v) is 9.38. The molecule has 0 saturated heterocycles. The number of carbonyl (C=O) groups excluding carboxylic acids is 1. The van der Waals surface area contributed by atoms with Crippen molar-refractivity contribution in [3.05, 3.63) is 54.6 Å². The number of anilines is 1. The van der Waals surface area contributed by atoms with Crippen LogP contribution in [-0.2, 0) is 4.79 Å². The normalized spacial score (nSPS) is 11.1. The zero-order valence-electron chi connectivity index (χ0n) is 15.2. The first kappa shape index (κ1) is 18.1. The molecule has 142 valence electrons. The molecule has 3 aromatic heterocycles. The van der Waals surface area contributed by atoms with Crippen molar-refractivity contribution in [1.29, 1.82) is 0 Å². The van der Waals surface area contributed by atoms with Crippen LogP contribution in [0.3, 0.4) is 0 Å². The summed E-state index contributed by atoms with van der Waals surface area (Å²) in [6.07, 6.45) is 4.13. The highest BCUT2D eigenvalue weighted by Crippen LogP contribution is 2.24. The number of para-hydroxylation sites is 1. The third-order valence-electron chi connectivity index (χ3n) is 4.18. The van der Waals surface area contributed by atoms with Crippen molar-refractivity contribution in [1.82, 2.24) is 29.5 Å². The summed E-state index contributed by atoms with van der Waals surface area (Å²) >= 11 is 5.67. The van der Waals surface area contributed by atoms with Crippen molar-refractivity contribution in [2.24, 2.45) is 0 Å². The predicted molar refractivity (Wildman–Crippen MR) is 107 cm³/mol. The Hall–Kier alpha value is -3.26. The number of amides is 1. The number of alkyl halides is 1. The zero-order chi connectivity index (χ0) is 19.5. The molecule has 0 aliphatic heterocycles. The number of carbonyl (C=O) groups is 1. The minimum atomic E-state index is -0.118. The number of nitrogens with one attached hydrogen (secondary N) is 1. The Morgan fingerprint density at radius 1 is 1.18 bits per heavy atom. The number of halogens is 1. The van der Waals surface area contributed by atoms with Gasteiger partial charge >= 0.3 is 0 Å². The fourth-order valence-corrected chi connectivity index (χ4v) is 3.07. The van der Waals surface area contributed by atoms with Gasteiger partial charge in [0.25, 0.3) is 0 Å². The number of hydrogen-bond acceptors (Lipinski definition) is 5. The van der Waals surface area contributed by atoms with Crippen LogP contribution in [0.25, 0.3) is 22.5 Å². The smallest absolute Gasteiger partial charge is 0.225 e. The van der Waals surface area contributed by atoms with E-state index in [0.29, 0.717) is 36.0 Å². The summed E-state index contributed by atoms with van der Waals surface area (Å²) < 4.78 is 3.35. The molecule has 8 nitrogen and oxygen atoms in total. The van der Waals surface area contributed by atoms with Gasteiger partial charge in [-0.1, -0.05) is 18.2 Å². The molecular weight excluding hydrogens is 378 g/mol. The van der Waals surface area contributed by atoms with Gasteiger partial charge in [0.2, 0.25) is 5.91 Å². The topological polar surface area (TPSA) is 90.5 Å². The summed E-state index contributed by atoms with van der Waals surface area (Å²) in [4.78, 5) is 20.9. The van der Waals surface area contributed by atoms with E-state index in [1.165, 1.54) is 6.33 Å². The number of fused-ring (bicyclic) bond motifs is 1. The number of rotatable bonds is 6. The molecule has 28 heavy (non-hydrogen) atoms. The van der Waals surface area contributed by atoms with Gasteiger partial charge in [0.15, 0.2) is 11.5 Å². The molecule has 0 aliphatic rings. The highest BCUT2D eigenvalue weighted by Gasteiger charge is 2.17. The van der Waals surface area contributed by atoms with E-state index in [0.717, 1.165) is 16.8 Å². The average molecular weight is 396 g/mol. The average Bonchev–Trinajstić information content (AvgIpc) is 3.30. The fourth-order valence-electron chi connectivity index (χ4n) is 2.94. The Morgan fingerprint density at radius 3 is 2.79 bits per heavy atom. The van der Waals surface area contributed by atoms with Crippen LogP contribution in [0.2, 0.25) is 0 Å². The lowest BCUT2D eigenvalue weighted by Crippen LogP contribution is -2.15. The Balaban J connectivity index is 1.76. The quantitative estimate of drug-likeness (QED) is 0.506. The summed E-state index contributed by atoms with van der Waals surface area (Å²) in [5, 5.41) is 12.6. The highest BCUT2D eigenvalue weighted by molar-refractivity contribution is 6.18. The van der Waals surface area contributed by atoms with Gasteiger partial charge in [-0.2, -0.15) is 14.9 Å². The number of aromatic nitrogens is 6. The highest BCUT2D eigenvalue weighted by atomic mass is 35.5. The minimum absolute atomic E-state index is 0.118. The first-order chi connectivity index (χ1) is 13.7. The molecule has 0 spiro atoms. The number of nitrogens with zero attached hydrogens (tertiary/aromatic N) is 6. The van der Waals surface area contributed by atoms with Gasteiger partial charge in [-0.05, 0) is 25.5 Å². The van der Waals surface area contributed by atoms with E-state index >= 15 is 0 Å². The zero-order valence-corrected chi connectivity index (χ0v) is 16.0. The summed E-state index contributed by atoms with van der Waals surface area (Å²) in [5.41, 5.74) is 2.31. The van der Waals surface area contributed by atoms with Gasteiger partial charge in [0.1, 0.15) is 12.1 Å².